The van der Waals surface area contributed by atoms with Crippen molar-refractivity contribution in [2.45, 2.75) is 18.8 Å². The van der Waals surface area contributed by atoms with E-state index in [1.54, 1.807) is 12.1 Å². The van der Waals surface area contributed by atoms with Gasteiger partial charge in [-0.3, -0.25) is 10.1 Å². The van der Waals surface area contributed by atoms with Crippen LogP contribution in [-0.2, 0) is 0 Å². The Bertz CT molecular complexity index is 917. The molecule has 1 saturated heterocycles. The van der Waals surface area contributed by atoms with E-state index in [0.717, 1.165) is 25.9 Å². The Morgan fingerprint density at radius 1 is 1.27 bits per heavy atom. The van der Waals surface area contributed by atoms with Crippen LogP contribution in [-0.4, -0.2) is 29.0 Å². The highest BCUT2D eigenvalue weighted by Gasteiger charge is 2.22. The molecule has 1 aliphatic heterocycles. The Kier molecular flexibility index (Phi) is 5.01. The molecule has 1 fully saturated rings. The number of anilines is 1. The van der Waals surface area contributed by atoms with Gasteiger partial charge in [-0.2, -0.15) is 0 Å². The Morgan fingerprint density at radius 2 is 2.08 bits per heavy atom. The molecule has 1 amide bonds. The average Bonchev–Trinajstić information content (AvgIpc) is 3.32. The van der Waals surface area contributed by atoms with E-state index in [2.05, 4.69) is 20.6 Å². The standard InChI is InChI=1S/C18H17ClN4O2S/c19-13-4-2-1-3-12(13)16-15(22-10-25-16)17(24)23-18-21-9-14(26-18)11-5-7-20-8-6-11/h1-4,9-11,20H,5-8H2,(H,21,23,24). The van der Waals surface area contributed by atoms with Gasteiger partial charge in [0.25, 0.3) is 5.91 Å². The highest BCUT2D eigenvalue weighted by atomic mass is 35.5. The number of oxazole rings is 1. The molecule has 0 aliphatic carbocycles. The van der Waals surface area contributed by atoms with Gasteiger partial charge in [-0.25, -0.2) is 9.97 Å². The van der Waals surface area contributed by atoms with Crippen molar-refractivity contribution in [2.24, 2.45) is 0 Å². The average molecular weight is 389 g/mol. The molecular weight excluding hydrogens is 372 g/mol. The van der Waals surface area contributed by atoms with Gasteiger partial charge < -0.3 is 9.73 Å². The SMILES string of the molecule is O=C(Nc1ncc(C2CCNCC2)s1)c1ncoc1-c1ccccc1Cl. The molecule has 0 atom stereocenters. The second-order valence-corrected chi connectivity index (χ2v) is 7.53. The molecule has 0 unspecified atom stereocenters. The Balaban J connectivity index is 1.52. The van der Waals surface area contributed by atoms with Gasteiger partial charge in [-0.15, -0.1) is 11.3 Å². The summed E-state index contributed by atoms with van der Waals surface area (Å²) in [5.41, 5.74) is 0.822. The van der Waals surface area contributed by atoms with E-state index in [1.165, 1.54) is 22.6 Å². The lowest BCUT2D eigenvalue weighted by atomic mass is 9.97. The molecule has 134 valence electrons. The summed E-state index contributed by atoms with van der Waals surface area (Å²) in [5.74, 6) is 0.494. The van der Waals surface area contributed by atoms with Gasteiger partial charge in [0.1, 0.15) is 0 Å². The first-order chi connectivity index (χ1) is 12.7. The predicted molar refractivity (Wildman–Crippen MR) is 102 cm³/mol. The van der Waals surface area contributed by atoms with Crippen molar-refractivity contribution >= 4 is 34.0 Å². The minimum Gasteiger partial charge on any atom is -0.443 e. The van der Waals surface area contributed by atoms with E-state index in [9.17, 15) is 4.79 Å². The lowest BCUT2D eigenvalue weighted by Crippen LogP contribution is -2.26. The molecule has 0 radical (unpaired) electrons. The monoisotopic (exact) mass is 388 g/mol. The van der Waals surface area contributed by atoms with E-state index in [4.69, 9.17) is 16.0 Å². The normalized spacial score (nSPS) is 15.1. The van der Waals surface area contributed by atoms with Gasteiger partial charge >= 0.3 is 0 Å². The number of aromatic nitrogens is 2. The van der Waals surface area contributed by atoms with Crippen molar-refractivity contribution in [1.82, 2.24) is 15.3 Å². The van der Waals surface area contributed by atoms with Crippen molar-refractivity contribution in [3.8, 4) is 11.3 Å². The summed E-state index contributed by atoms with van der Waals surface area (Å²) < 4.78 is 5.41. The van der Waals surface area contributed by atoms with Gasteiger partial charge in [-0.1, -0.05) is 23.7 Å². The van der Waals surface area contributed by atoms with Crippen molar-refractivity contribution in [2.75, 3.05) is 18.4 Å². The first-order valence-electron chi connectivity index (χ1n) is 8.38. The highest BCUT2D eigenvalue weighted by Crippen LogP contribution is 2.33. The zero-order valence-corrected chi connectivity index (χ0v) is 15.4. The van der Waals surface area contributed by atoms with Gasteiger partial charge in [0, 0.05) is 16.6 Å². The van der Waals surface area contributed by atoms with Crippen LogP contribution >= 0.6 is 22.9 Å². The van der Waals surface area contributed by atoms with Crippen LogP contribution in [0, 0.1) is 0 Å². The van der Waals surface area contributed by atoms with E-state index in [1.807, 2.05) is 18.3 Å². The summed E-state index contributed by atoms with van der Waals surface area (Å²) >= 11 is 7.72. The van der Waals surface area contributed by atoms with Gasteiger partial charge in [-0.05, 0) is 44.0 Å². The van der Waals surface area contributed by atoms with Crippen molar-refractivity contribution < 1.29 is 9.21 Å². The van der Waals surface area contributed by atoms with Crippen LogP contribution in [0.15, 0.2) is 41.3 Å². The summed E-state index contributed by atoms with van der Waals surface area (Å²) in [6.45, 7) is 2.04. The Labute approximate surface area is 159 Å². The van der Waals surface area contributed by atoms with Crippen LogP contribution in [0.5, 0.6) is 0 Å². The topological polar surface area (TPSA) is 80.0 Å². The predicted octanol–water partition coefficient (Wildman–Crippen LogP) is 4.17. The van der Waals surface area contributed by atoms with Crippen molar-refractivity contribution in [1.29, 1.82) is 0 Å². The number of thiazole rings is 1. The molecule has 1 aliphatic rings. The zero-order chi connectivity index (χ0) is 17.9. The van der Waals surface area contributed by atoms with Gasteiger partial charge in [0.2, 0.25) is 0 Å². The van der Waals surface area contributed by atoms with Gasteiger partial charge in [0.15, 0.2) is 23.0 Å². The maximum atomic E-state index is 12.6. The van der Waals surface area contributed by atoms with Crippen LogP contribution in [0.2, 0.25) is 5.02 Å². The number of carbonyl (C=O) groups excluding carboxylic acids is 1. The van der Waals surface area contributed by atoms with Crippen LogP contribution in [0.3, 0.4) is 0 Å². The lowest BCUT2D eigenvalue weighted by molar-refractivity contribution is 0.102. The first-order valence-corrected chi connectivity index (χ1v) is 9.58. The number of halogens is 1. The molecule has 0 spiro atoms. The number of amides is 1. The van der Waals surface area contributed by atoms with E-state index < -0.39 is 0 Å². The Morgan fingerprint density at radius 3 is 2.88 bits per heavy atom. The minimum absolute atomic E-state index is 0.191. The summed E-state index contributed by atoms with van der Waals surface area (Å²) in [7, 11) is 0. The third-order valence-corrected chi connectivity index (χ3v) is 5.79. The molecule has 6 nitrogen and oxygen atoms in total. The largest absolute Gasteiger partial charge is 0.443 e. The van der Waals surface area contributed by atoms with E-state index in [-0.39, 0.29) is 11.6 Å². The lowest BCUT2D eigenvalue weighted by Gasteiger charge is -2.20. The van der Waals surface area contributed by atoms with Crippen LogP contribution < -0.4 is 10.6 Å². The van der Waals surface area contributed by atoms with E-state index >= 15 is 0 Å². The second-order valence-electron chi connectivity index (χ2n) is 6.06. The summed E-state index contributed by atoms with van der Waals surface area (Å²) in [5, 5.41) is 7.24. The third-order valence-electron chi connectivity index (χ3n) is 4.39. The summed E-state index contributed by atoms with van der Waals surface area (Å²) in [4.78, 5) is 22.2. The highest BCUT2D eigenvalue weighted by molar-refractivity contribution is 7.15. The molecule has 3 heterocycles. The van der Waals surface area contributed by atoms with Gasteiger partial charge in [0.05, 0.1) is 5.02 Å². The zero-order valence-electron chi connectivity index (χ0n) is 13.9. The molecule has 2 aromatic heterocycles. The number of nitrogens with zero attached hydrogens (tertiary/aromatic N) is 2. The molecule has 0 bridgehead atoms. The second kappa shape index (κ2) is 7.57. The molecule has 4 rings (SSSR count). The summed E-state index contributed by atoms with van der Waals surface area (Å²) in [6.07, 6.45) is 5.29. The molecule has 3 aromatic rings. The molecule has 2 N–H and O–H groups in total. The van der Waals surface area contributed by atoms with Crippen LogP contribution in [0.25, 0.3) is 11.3 Å². The third kappa shape index (κ3) is 3.51. The first kappa shape index (κ1) is 17.2. The fraction of sp³-hybridized carbons (Fsp3) is 0.278. The summed E-state index contributed by atoms with van der Waals surface area (Å²) in [6, 6.07) is 7.18. The number of nitrogens with one attached hydrogen (secondary N) is 2. The number of carbonyl (C=O) groups is 1. The number of piperidine rings is 1. The molecule has 26 heavy (non-hydrogen) atoms. The van der Waals surface area contributed by atoms with E-state index in [0.29, 0.717) is 27.4 Å². The number of benzene rings is 1. The Hall–Kier alpha value is -2.22. The fourth-order valence-corrected chi connectivity index (χ4v) is 4.24. The van der Waals surface area contributed by atoms with Crippen molar-refractivity contribution in [3.63, 3.8) is 0 Å². The molecular formula is C18H17ClN4O2S. The maximum Gasteiger partial charge on any atom is 0.280 e. The quantitative estimate of drug-likeness (QED) is 0.701. The van der Waals surface area contributed by atoms with Crippen LogP contribution in [0.1, 0.15) is 34.1 Å². The van der Waals surface area contributed by atoms with Crippen LogP contribution in [0.4, 0.5) is 5.13 Å². The fourth-order valence-electron chi connectivity index (χ4n) is 3.04. The van der Waals surface area contributed by atoms with Crippen molar-refractivity contribution in [3.05, 3.63) is 52.4 Å². The minimum atomic E-state index is -0.361. The maximum absolute atomic E-state index is 12.6. The number of hydrogen-bond donors (Lipinski definition) is 2. The molecule has 1 aromatic carbocycles. The number of hydrogen-bond acceptors (Lipinski definition) is 6. The molecule has 8 heteroatoms. The smallest absolute Gasteiger partial charge is 0.280 e. The number of rotatable bonds is 4. The molecule has 0 saturated carbocycles.